The Bertz CT molecular complexity index is 674. The highest BCUT2D eigenvalue weighted by molar-refractivity contribution is 5.76. The number of ether oxygens (including phenoxy) is 2. The summed E-state index contributed by atoms with van der Waals surface area (Å²) in [6.45, 7) is 0.617. The zero-order chi connectivity index (χ0) is 20.9. The highest BCUT2D eigenvalue weighted by atomic mass is 16.5. The van der Waals surface area contributed by atoms with E-state index < -0.39 is 24.0 Å². The van der Waals surface area contributed by atoms with Gasteiger partial charge in [-0.05, 0) is 43.2 Å². The van der Waals surface area contributed by atoms with Gasteiger partial charge in [0.25, 0.3) is 0 Å². The number of rotatable bonds is 12. The Morgan fingerprint density at radius 3 is 1.41 bits per heavy atom. The van der Waals surface area contributed by atoms with Crippen LogP contribution in [0.1, 0.15) is 30.4 Å². The first kappa shape index (κ1) is 22.6. The zero-order valence-corrected chi connectivity index (χ0v) is 16.7. The van der Waals surface area contributed by atoms with Crippen LogP contribution < -0.4 is 11.5 Å². The molecule has 2 unspecified atom stereocenters. The number of hydrogen-bond donors (Lipinski definition) is 2. The maximum absolute atomic E-state index is 11.9. The number of benzene rings is 2. The SMILES string of the molecule is NC(Cc1ccccc1)C(=O)OCCCCCOC(=O)C(N)Cc1ccccc1. The summed E-state index contributed by atoms with van der Waals surface area (Å²) in [5, 5.41) is 0. The van der Waals surface area contributed by atoms with Crippen molar-refractivity contribution in [1.82, 2.24) is 0 Å². The Morgan fingerprint density at radius 1 is 0.655 bits per heavy atom. The summed E-state index contributed by atoms with van der Waals surface area (Å²) in [6, 6.07) is 17.9. The molecule has 2 aromatic rings. The van der Waals surface area contributed by atoms with E-state index in [1.54, 1.807) is 0 Å². The van der Waals surface area contributed by atoms with Crippen LogP contribution in [0.3, 0.4) is 0 Å². The van der Waals surface area contributed by atoms with Crippen molar-refractivity contribution in [1.29, 1.82) is 0 Å². The highest BCUT2D eigenvalue weighted by Crippen LogP contribution is 2.05. The van der Waals surface area contributed by atoms with E-state index in [-0.39, 0.29) is 0 Å². The Hall–Kier alpha value is -2.70. The molecule has 0 saturated carbocycles. The summed E-state index contributed by atoms with van der Waals surface area (Å²) in [5.41, 5.74) is 13.8. The molecule has 0 aliphatic rings. The van der Waals surface area contributed by atoms with Crippen molar-refractivity contribution >= 4 is 11.9 Å². The second-order valence-corrected chi connectivity index (χ2v) is 6.99. The normalized spacial score (nSPS) is 12.8. The third-order valence-corrected chi connectivity index (χ3v) is 4.48. The van der Waals surface area contributed by atoms with Crippen LogP contribution in [0.5, 0.6) is 0 Å². The zero-order valence-electron chi connectivity index (χ0n) is 16.7. The van der Waals surface area contributed by atoms with E-state index in [0.717, 1.165) is 17.5 Å². The predicted octanol–water partition coefficient (Wildman–Crippen LogP) is 2.38. The fourth-order valence-corrected chi connectivity index (χ4v) is 2.84. The fraction of sp³-hybridized carbons (Fsp3) is 0.391. The lowest BCUT2D eigenvalue weighted by Crippen LogP contribution is -2.34. The van der Waals surface area contributed by atoms with E-state index >= 15 is 0 Å². The lowest BCUT2D eigenvalue weighted by Gasteiger charge is -2.12. The molecule has 0 aliphatic heterocycles. The summed E-state index contributed by atoms with van der Waals surface area (Å²) < 4.78 is 10.4. The quantitative estimate of drug-likeness (QED) is 0.420. The second-order valence-electron chi connectivity index (χ2n) is 6.99. The molecule has 4 N–H and O–H groups in total. The first-order valence-corrected chi connectivity index (χ1v) is 9.98. The molecule has 6 heteroatoms. The molecular weight excluding hydrogens is 368 g/mol. The number of hydrogen-bond acceptors (Lipinski definition) is 6. The average Bonchev–Trinajstić information content (AvgIpc) is 2.74. The Labute approximate surface area is 172 Å². The second kappa shape index (κ2) is 12.7. The monoisotopic (exact) mass is 398 g/mol. The lowest BCUT2D eigenvalue weighted by molar-refractivity contribution is -0.145. The van der Waals surface area contributed by atoms with Crippen molar-refractivity contribution in [2.24, 2.45) is 11.5 Å². The summed E-state index contributed by atoms with van der Waals surface area (Å²) in [7, 11) is 0. The van der Waals surface area contributed by atoms with Crippen molar-refractivity contribution in [3.05, 3.63) is 71.8 Å². The summed E-state index contributed by atoms with van der Waals surface area (Å²) in [4.78, 5) is 23.8. The van der Waals surface area contributed by atoms with Crippen molar-refractivity contribution in [3.8, 4) is 0 Å². The van der Waals surface area contributed by atoms with Crippen LogP contribution in [0.25, 0.3) is 0 Å². The van der Waals surface area contributed by atoms with E-state index in [9.17, 15) is 9.59 Å². The van der Waals surface area contributed by atoms with Gasteiger partial charge in [-0.3, -0.25) is 9.59 Å². The van der Waals surface area contributed by atoms with Crippen molar-refractivity contribution in [2.45, 2.75) is 44.2 Å². The van der Waals surface area contributed by atoms with Gasteiger partial charge in [-0.2, -0.15) is 0 Å². The molecule has 0 bridgehead atoms. The first-order chi connectivity index (χ1) is 14.1. The van der Waals surface area contributed by atoms with E-state index in [4.69, 9.17) is 20.9 Å². The topological polar surface area (TPSA) is 105 Å². The van der Waals surface area contributed by atoms with Crippen LogP contribution in [-0.2, 0) is 31.9 Å². The molecule has 0 heterocycles. The minimum atomic E-state index is -0.663. The highest BCUT2D eigenvalue weighted by Gasteiger charge is 2.16. The number of carbonyl (C=O) groups excluding carboxylic acids is 2. The van der Waals surface area contributed by atoms with Crippen LogP contribution in [0.2, 0.25) is 0 Å². The van der Waals surface area contributed by atoms with Gasteiger partial charge in [-0.25, -0.2) is 0 Å². The summed E-state index contributed by atoms with van der Waals surface area (Å²) in [6.07, 6.45) is 3.08. The smallest absolute Gasteiger partial charge is 0.323 e. The minimum Gasteiger partial charge on any atom is -0.465 e. The molecule has 0 saturated heterocycles. The molecule has 0 aliphatic carbocycles. The number of esters is 2. The van der Waals surface area contributed by atoms with E-state index in [1.807, 2.05) is 60.7 Å². The van der Waals surface area contributed by atoms with Gasteiger partial charge in [0.1, 0.15) is 12.1 Å². The van der Waals surface area contributed by atoms with Gasteiger partial charge in [0.15, 0.2) is 0 Å². The van der Waals surface area contributed by atoms with Crippen molar-refractivity contribution in [2.75, 3.05) is 13.2 Å². The molecule has 2 aromatic carbocycles. The van der Waals surface area contributed by atoms with E-state index in [2.05, 4.69) is 0 Å². The Balaban J connectivity index is 1.51. The average molecular weight is 399 g/mol. The van der Waals surface area contributed by atoms with Gasteiger partial charge in [-0.1, -0.05) is 60.7 Å². The minimum absolute atomic E-state index is 0.308. The number of nitrogens with two attached hydrogens (primary N) is 2. The van der Waals surface area contributed by atoms with Gasteiger partial charge in [0.05, 0.1) is 13.2 Å². The summed E-state index contributed by atoms with van der Waals surface area (Å²) in [5.74, 6) is -0.792. The van der Waals surface area contributed by atoms with Crippen LogP contribution in [0.4, 0.5) is 0 Å². The molecule has 0 spiro atoms. The van der Waals surface area contributed by atoms with Crippen molar-refractivity contribution in [3.63, 3.8) is 0 Å². The van der Waals surface area contributed by atoms with Gasteiger partial charge in [0, 0.05) is 0 Å². The molecular formula is C23H30N2O4. The first-order valence-electron chi connectivity index (χ1n) is 9.98. The largest absolute Gasteiger partial charge is 0.465 e. The molecule has 29 heavy (non-hydrogen) atoms. The number of unbranched alkanes of at least 4 members (excludes halogenated alkanes) is 2. The third kappa shape index (κ3) is 8.89. The fourth-order valence-electron chi connectivity index (χ4n) is 2.84. The molecule has 2 rings (SSSR count). The maximum Gasteiger partial charge on any atom is 0.323 e. The van der Waals surface area contributed by atoms with Gasteiger partial charge in [-0.15, -0.1) is 0 Å². The van der Waals surface area contributed by atoms with Crippen LogP contribution in [0.15, 0.2) is 60.7 Å². The molecule has 0 fully saturated rings. The van der Waals surface area contributed by atoms with Crippen LogP contribution in [-0.4, -0.2) is 37.2 Å². The molecule has 0 aromatic heterocycles. The standard InChI is InChI=1S/C23H30N2O4/c24-20(16-18-10-4-1-5-11-18)22(26)28-14-8-3-9-15-29-23(27)21(25)17-19-12-6-2-7-13-19/h1-2,4-7,10-13,20-21H,3,8-9,14-17,24-25H2. The number of carbonyl (C=O) groups is 2. The molecule has 2 atom stereocenters. The Kier molecular flexibility index (Phi) is 9.89. The lowest BCUT2D eigenvalue weighted by atomic mass is 10.1. The van der Waals surface area contributed by atoms with Crippen LogP contribution >= 0.6 is 0 Å². The van der Waals surface area contributed by atoms with Gasteiger partial charge < -0.3 is 20.9 Å². The maximum atomic E-state index is 11.9. The predicted molar refractivity (Wildman–Crippen MR) is 112 cm³/mol. The van der Waals surface area contributed by atoms with Gasteiger partial charge in [0.2, 0.25) is 0 Å². The van der Waals surface area contributed by atoms with E-state index in [0.29, 0.717) is 38.9 Å². The molecule has 0 amide bonds. The Morgan fingerprint density at radius 2 is 1.03 bits per heavy atom. The summed E-state index contributed by atoms with van der Waals surface area (Å²) >= 11 is 0. The van der Waals surface area contributed by atoms with Gasteiger partial charge >= 0.3 is 11.9 Å². The van der Waals surface area contributed by atoms with Crippen molar-refractivity contribution < 1.29 is 19.1 Å². The van der Waals surface area contributed by atoms with Crippen LogP contribution in [0, 0.1) is 0 Å². The molecule has 0 radical (unpaired) electrons. The third-order valence-electron chi connectivity index (χ3n) is 4.48. The molecule has 156 valence electrons. The van der Waals surface area contributed by atoms with E-state index in [1.165, 1.54) is 0 Å². The molecule has 6 nitrogen and oxygen atoms in total.